The molecule has 0 radical (unpaired) electrons. The number of amides is 1. The largest absolute Gasteiger partial charge is 0.573 e. The lowest BCUT2D eigenvalue weighted by Gasteiger charge is -2.35. The van der Waals surface area contributed by atoms with Crippen LogP contribution in [0.25, 0.3) is 11.1 Å². The fraction of sp³-hybridized carbons (Fsp3) is 0.407. The van der Waals surface area contributed by atoms with Crippen LogP contribution in [0.1, 0.15) is 36.3 Å². The molecule has 3 heterocycles. The third-order valence-electron chi connectivity index (χ3n) is 6.08. The van der Waals surface area contributed by atoms with Crippen LogP contribution in [0, 0.1) is 0 Å². The second kappa shape index (κ2) is 12.7. The van der Waals surface area contributed by atoms with Crippen molar-refractivity contribution in [2.45, 2.75) is 33.2 Å². The van der Waals surface area contributed by atoms with E-state index < -0.39 is 6.36 Å². The lowest BCUT2D eigenvalue weighted by molar-refractivity contribution is -0.274. The van der Waals surface area contributed by atoms with Crippen molar-refractivity contribution in [3.8, 4) is 22.6 Å². The van der Waals surface area contributed by atoms with Crippen molar-refractivity contribution in [1.82, 2.24) is 25.4 Å². The summed E-state index contributed by atoms with van der Waals surface area (Å²) in [5, 5.41) is 11.0. The molecule has 3 aromatic rings. The van der Waals surface area contributed by atoms with Crippen molar-refractivity contribution in [1.29, 1.82) is 0 Å². The van der Waals surface area contributed by atoms with Crippen molar-refractivity contribution in [2.75, 3.05) is 44.2 Å². The molecule has 1 fully saturated rings. The van der Waals surface area contributed by atoms with Crippen LogP contribution in [0.3, 0.4) is 0 Å². The number of halogens is 3. The van der Waals surface area contributed by atoms with E-state index in [-0.39, 0.29) is 17.4 Å². The van der Waals surface area contributed by atoms with Crippen molar-refractivity contribution in [3.63, 3.8) is 0 Å². The van der Waals surface area contributed by atoms with Crippen LogP contribution in [0.4, 0.5) is 19.0 Å². The number of aromatic nitrogens is 3. The first kappa shape index (κ1) is 28.1. The number of anilines is 1. The molecule has 9 nitrogen and oxygen atoms in total. The number of carbonyl (C=O) groups is 1. The quantitative estimate of drug-likeness (QED) is 0.404. The number of benzene rings is 1. The van der Waals surface area contributed by atoms with E-state index >= 15 is 0 Å². The highest BCUT2D eigenvalue weighted by molar-refractivity contribution is 5.92. The van der Waals surface area contributed by atoms with Crippen molar-refractivity contribution in [3.05, 3.63) is 60.0 Å². The molecule has 0 unspecified atom stereocenters. The summed E-state index contributed by atoms with van der Waals surface area (Å²) < 4.78 is 48.9. The Morgan fingerprint density at radius 2 is 1.74 bits per heavy atom. The Kier molecular flexibility index (Phi) is 9.18. The Morgan fingerprint density at radius 3 is 2.41 bits per heavy atom. The summed E-state index contributed by atoms with van der Waals surface area (Å²) in [6.45, 7) is 7.93. The zero-order chi connectivity index (χ0) is 27.8. The summed E-state index contributed by atoms with van der Waals surface area (Å²) in [5.41, 5.74) is 2.14. The Hall–Kier alpha value is -3.93. The third kappa shape index (κ3) is 8.03. The van der Waals surface area contributed by atoms with Crippen LogP contribution in [0.2, 0.25) is 0 Å². The van der Waals surface area contributed by atoms with Gasteiger partial charge in [-0.1, -0.05) is 6.92 Å². The second-order valence-corrected chi connectivity index (χ2v) is 9.05. The SMILES string of the molecule is CCCNC(=O)c1ccc(N2CCN(Cc3cc(OC(F)(F)F)cc(-c4cncc(OCC)c4)c3)CC2)nn1. The zero-order valence-electron chi connectivity index (χ0n) is 21.9. The summed E-state index contributed by atoms with van der Waals surface area (Å²) in [4.78, 5) is 20.4. The average Bonchev–Trinajstić information content (AvgIpc) is 2.91. The molecule has 2 aromatic heterocycles. The van der Waals surface area contributed by atoms with Crippen LogP contribution in [-0.2, 0) is 6.54 Å². The number of pyridine rings is 1. The standard InChI is InChI=1S/C27H31F3N6O3/c1-3-7-32-26(37)24-5-6-25(34-33-24)36-10-8-35(9-11-36)18-19-12-20(14-22(13-19)39-27(28,29)30)21-15-23(38-4-2)17-31-16-21/h5-6,12-17H,3-4,7-11,18H2,1-2H3,(H,32,37). The number of hydrogen-bond donors (Lipinski definition) is 1. The Morgan fingerprint density at radius 1 is 0.974 bits per heavy atom. The van der Waals surface area contributed by atoms with Crippen LogP contribution < -0.4 is 19.7 Å². The Labute approximate surface area is 225 Å². The zero-order valence-corrected chi connectivity index (χ0v) is 21.9. The predicted molar refractivity (Wildman–Crippen MR) is 140 cm³/mol. The van der Waals surface area contributed by atoms with Gasteiger partial charge in [0, 0.05) is 51.0 Å². The molecule has 12 heteroatoms. The number of rotatable bonds is 10. The molecule has 1 N–H and O–H groups in total. The number of nitrogens with one attached hydrogen (secondary N) is 1. The third-order valence-corrected chi connectivity index (χ3v) is 6.08. The Bertz CT molecular complexity index is 1250. The monoisotopic (exact) mass is 544 g/mol. The molecule has 0 spiro atoms. The smallest absolute Gasteiger partial charge is 0.492 e. The summed E-state index contributed by atoms with van der Waals surface area (Å²) in [7, 11) is 0. The first-order valence-electron chi connectivity index (χ1n) is 12.8. The summed E-state index contributed by atoms with van der Waals surface area (Å²) in [5.74, 6) is 0.671. The van der Waals surface area contributed by atoms with E-state index in [1.54, 1.807) is 30.6 Å². The molecule has 0 aliphatic carbocycles. The van der Waals surface area contributed by atoms with Gasteiger partial charge in [-0.2, -0.15) is 0 Å². The maximum atomic E-state index is 13.1. The highest BCUT2D eigenvalue weighted by atomic mass is 19.4. The van der Waals surface area contributed by atoms with Gasteiger partial charge in [0.15, 0.2) is 11.5 Å². The average molecular weight is 545 g/mol. The van der Waals surface area contributed by atoms with E-state index in [1.165, 1.54) is 12.1 Å². The molecule has 1 saturated heterocycles. The number of carbonyl (C=O) groups excluding carboxylic acids is 1. The van der Waals surface area contributed by atoms with E-state index in [1.807, 2.05) is 19.9 Å². The van der Waals surface area contributed by atoms with Crippen LogP contribution in [0.15, 0.2) is 48.8 Å². The molecule has 1 amide bonds. The van der Waals surface area contributed by atoms with Crippen molar-refractivity contribution in [2.24, 2.45) is 0 Å². The topological polar surface area (TPSA) is 92.7 Å². The highest BCUT2D eigenvalue weighted by Gasteiger charge is 2.31. The van der Waals surface area contributed by atoms with E-state index in [0.717, 1.165) is 6.42 Å². The van der Waals surface area contributed by atoms with Crippen LogP contribution in [-0.4, -0.2) is 71.7 Å². The molecule has 4 rings (SSSR count). The first-order valence-corrected chi connectivity index (χ1v) is 12.8. The van der Waals surface area contributed by atoms with Gasteiger partial charge in [0.1, 0.15) is 11.5 Å². The number of piperazine rings is 1. The van der Waals surface area contributed by atoms with E-state index in [9.17, 15) is 18.0 Å². The fourth-order valence-electron chi connectivity index (χ4n) is 4.27. The maximum Gasteiger partial charge on any atom is 0.573 e. The van der Waals surface area contributed by atoms with Crippen LogP contribution >= 0.6 is 0 Å². The van der Waals surface area contributed by atoms with E-state index in [4.69, 9.17) is 4.74 Å². The Balaban J connectivity index is 1.44. The van der Waals surface area contributed by atoms with Gasteiger partial charge >= 0.3 is 6.36 Å². The first-order chi connectivity index (χ1) is 18.7. The number of hydrogen-bond acceptors (Lipinski definition) is 8. The lowest BCUT2D eigenvalue weighted by Crippen LogP contribution is -2.46. The number of ether oxygens (including phenoxy) is 2. The highest BCUT2D eigenvalue weighted by Crippen LogP contribution is 2.31. The second-order valence-electron chi connectivity index (χ2n) is 9.05. The predicted octanol–water partition coefficient (Wildman–Crippen LogP) is 4.30. The normalized spacial score (nSPS) is 14.2. The molecule has 1 aliphatic heterocycles. The lowest BCUT2D eigenvalue weighted by atomic mass is 10.0. The minimum Gasteiger partial charge on any atom is -0.492 e. The molecule has 1 aromatic carbocycles. The summed E-state index contributed by atoms with van der Waals surface area (Å²) in [6, 6.07) is 9.78. The summed E-state index contributed by atoms with van der Waals surface area (Å²) in [6.07, 6.45) is -0.832. The van der Waals surface area contributed by atoms with Gasteiger partial charge < -0.3 is 19.7 Å². The van der Waals surface area contributed by atoms with Gasteiger partial charge in [-0.25, -0.2) is 0 Å². The van der Waals surface area contributed by atoms with E-state index in [0.29, 0.717) is 74.1 Å². The van der Waals surface area contributed by atoms with Gasteiger partial charge in [0.2, 0.25) is 0 Å². The van der Waals surface area contributed by atoms with Gasteiger partial charge in [-0.3, -0.25) is 14.7 Å². The molecule has 0 bridgehead atoms. The molecule has 1 aliphatic rings. The summed E-state index contributed by atoms with van der Waals surface area (Å²) >= 11 is 0. The van der Waals surface area contributed by atoms with Gasteiger partial charge in [-0.15, -0.1) is 23.4 Å². The number of alkyl halides is 3. The maximum absolute atomic E-state index is 13.1. The van der Waals surface area contributed by atoms with Crippen molar-refractivity contribution >= 4 is 11.7 Å². The molecule has 208 valence electrons. The molecular formula is C27H31F3N6O3. The molecule has 0 atom stereocenters. The minimum atomic E-state index is -4.81. The molecule has 0 saturated carbocycles. The van der Waals surface area contributed by atoms with Gasteiger partial charge in [0.25, 0.3) is 5.91 Å². The van der Waals surface area contributed by atoms with Gasteiger partial charge in [0.05, 0.1) is 12.8 Å². The minimum absolute atomic E-state index is 0.253. The van der Waals surface area contributed by atoms with Crippen molar-refractivity contribution < 1.29 is 27.4 Å². The fourth-order valence-corrected chi connectivity index (χ4v) is 4.27. The number of nitrogens with zero attached hydrogens (tertiary/aromatic N) is 5. The van der Waals surface area contributed by atoms with Crippen LogP contribution in [0.5, 0.6) is 11.5 Å². The molecular weight excluding hydrogens is 513 g/mol. The van der Waals surface area contributed by atoms with Gasteiger partial charge in [-0.05, 0) is 60.9 Å². The van der Waals surface area contributed by atoms with E-state index in [2.05, 4.69) is 35.0 Å². The molecule has 39 heavy (non-hydrogen) atoms.